The molecule has 3 heteroatoms. The van der Waals surface area contributed by atoms with Crippen LogP contribution in [0.3, 0.4) is 0 Å². The van der Waals surface area contributed by atoms with Gasteiger partial charge in [0, 0.05) is 12.1 Å². The first-order chi connectivity index (χ1) is 9.79. The monoisotopic (exact) mass is 266 g/mol. The Balaban J connectivity index is 2.17. The Labute approximate surface area is 118 Å². The molecule has 1 saturated heterocycles. The number of hydrogen-bond acceptors (Lipinski definition) is 2. The Morgan fingerprint density at radius 2 is 2.00 bits per heavy atom. The van der Waals surface area contributed by atoms with Gasteiger partial charge in [0.1, 0.15) is 0 Å². The van der Waals surface area contributed by atoms with E-state index in [0.717, 1.165) is 24.0 Å². The van der Waals surface area contributed by atoms with Crippen LogP contribution >= 0.6 is 0 Å². The molecule has 0 saturated carbocycles. The van der Waals surface area contributed by atoms with E-state index in [4.69, 9.17) is 0 Å². The van der Waals surface area contributed by atoms with Crippen LogP contribution in [-0.2, 0) is 11.2 Å². The average Bonchev–Trinajstić information content (AvgIpc) is 2.85. The zero-order valence-corrected chi connectivity index (χ0v) is 11.6. The molecule has 0 atom stereocenters. The van der Waals surface area contributed by atoms with Crippen LogP contribution in [0.2, 0.25) is 0 Å². The Bertz CT molecular complexity index is 683. The second-order valence-corrected chi connectivity index (χ2v) is 5.09. The lowest BCUT2D eigenvalue weighted by atomic mass is 9.95. The highest BCUT2D eigenvalue weighted by Crippen LogP contribution is 2.26. The fourth-order valence-electron chi connectivity index (χ4n) is 2.73. The van der Waals surface area contributed by atoms with Gasteiger partial charge in [-0.25, -0.2) is 5.43 Å². The Morgan fingerprint density at radius 1 is 1.20 bits per heavy atom. The standard InChI is InChI=1S/C17H18N2O/c1-2-5-12-6-3-7-13-8-4-9-14(16(12)13)10-15-11-18-19-17(15)20/h3-4,6-10,18H,2,5,11H2,1H3,(H,19,20)/b15-10+. The van der Waals surface area contributed by atoms with Crippen LogP contribution in [0, 0.1) is 0 Å². The van der Waals surface area contributed by atoms with Gasteiger partial charge in [0.2, 0.25) is 0 Å². The minimum atomic E-state index is -0.0324. The van der Waals surface area contributed by atoms with Crippen LogP contribution < -0.4 is 10.9 Å². The van der Waals surface area contributed by atoms with Crippen molar-refractivity contribution in [1.29, 1.82) is 0 Å². The Hall–Kier alpha value is -2.13. The van der Waals surface area contributed by atoms with Crippen molar-refractivity contribution in [2.45, 2.75) is 19.8 Å². The van der Waals surface area contributed by atoms with Gasteiger partial charge in [0.25, 0.3) is 5.91 Å². The summed E-state index contributed by atoms with van der Waals surface area (Å²) < 4.78 is 0. The predicted octanol–water partition coefficient (Wildman–Crippen LogP) is 2.81. The molecule has 1 fully saturated rings. The molecule has 2 aromatic carbocycles. The van der Waals surface area contributed by atoms with Gasteiger partial charge in [-0.1, -0.05) is 49.7 Å². The van der Waals surface area contributed by atoms with Gasteiger partial charge >= 0.3 is 0 Å². The topological polar surface area (TPSA) is 41.1 Å². The molecule has 0 aliphatic carbocycles. The smallest absolute Gasteiger partial charge is 0.262 e. The molecule has 0 bridgehead atoms. The van der Waals surface area contributed by atoms with Crippen molar-refractivity contribution >= 4 is 22.8 Å². The van der Waals surface area contributed by atoms with Crippen LogP contribution in [0.25, 0.3) is 16.8 Å². The largest absolute Gasteiger partial charge is 0.287 e. The van der Waals surface area contributed by atoms with E-state index in [-0.39, 0.29) is 5.91 Å². The summed E-state index contributed by atoms with van der Waals surface area (Å²) in [5.74, 6) is -0.0324. The molecular formula is C17H18N2O. The zero-order valence-electron chi connectivity index (χ0n) is 11.6. The number of hydrogen-bond donors (Lipinski definition) is 2. The number of carbonyl (C=O) groups excluding carboxylic acids is 1. The third kappa shape index (κ3) is 2.32. The maximum absolute atomic E-state index is 11.7. The lowest BCUT2D eigenvalue weighted by Gasteiger charge is -2.09. The summed E-state index contributed by atoms with van der Waals surface area (Å²) in [6, 6.07) is 12.7. The van der Waals surface area contributed by atoms with E-state index in [2.05, 4.69) is 48.1 Å². The molecular weight excluding hydrogens is 248 g/mol. The molecule has 1 aliphatic heterocycles. The van der Waals surface area contributed by atoms with Gasteiger partial charge in [-0.15, -0.1) is 0 Å². The van der Waals surface area contributed by atoms with E-state index in [0.29, 0.717) is 6.54 Å². The molecule has 102 valence electrons. The molecule has 1 heterocycles. The summed E-state index contributed by atoms with van der Waals surface area (Å²) in [4.78, 5) is 11.7. The number of hydrazine groups is 1. The summed E-state index contributed by atoms with van der Waals surface area (Å²) >= 11 is 0. The molecule has 2 aromatic rings. The van der Waals surface area contributed by atoms with Crippen molar-refractivity contribution in [2.24, 2.45) is 0 Å². The van der Waals surface area contributed by atoms with Gasteiger partial charge in [-0.3, -0.25) is 10.2 Å². The zero-order chi connectivity index (χ0) is 13.9. The predicted molar refractivity (Wildman–Crippen MR) is 82.1 cm³/mol. The second kappa shape index (κ2) is 5.47. The van der Waals surface area contributed by atoms with E-state index in [1.54, 1.807) is 0 Å². The normalized spacial score (nSPS) is 16.9. The summed E-state index contributed by atoms with van der Waals surface area (Å²) in [7, 11) is 0. The minimum Gasteiger partial charge on any atom is -0.287 e. The number of benzene rings is 2. The lowest BCUT2D eigenvalue weighted by molar-refractivity contribution is -0.116. The lowest BCUT2D eigenvalue weighted by Crippen LogP contribution is -2.25. The average molecular weight is 266 g/mol. The van der Waals surface area contributed by atoms with E-state index < -0.39 is 0 Å². The fraction of sp³-hybridized carbons (Fsp3) is 0.235. The van der Waals surface area contributed by atoms with E-state index in [1.165, 1.54) is 16.3 Å². The van der Waals surface area contributed by atoms with Crippen LogP contribution in [0.15, 0.2) is 42.0 Å². The highest BCUT2D eigenvalue weighted by Gasteiger charge is 2.16. The van der Waals surface area contributed by atoms with Crippen molar-refractivity contribution in [3.05, 3.63) is 53.1 Å². The third-order valence-corrected chi connectivity index (χ3v) is 3.64. The van der Waals surface area contributed by atoms with Gasteiger partial charge in [0.05, 0.1) is 0 Å². The number of carbonyl (C=O) groups is 1. The molecule has 2 N–H and O–H groups in total. The maximum atomic E-state index is 11.7. The number of amides is 1. The van der Waals surface area contributed by atoms with Crippen LogP contribution in [-0.4, -0.2) is 12.5 Å². The molecule has 0 unspecified atom stereocenters. The first kappa shape index (κ1) is 12.9. The minimum absolute atomic E-state index is 0.0324. The van der Waals surface area contributed by atoms with Crippen molar-refractivity contribution in [3.8, 4) is 0 Å². The van der Waals surface area contributed by atoms with Crippen molar-refractivity contribution < 1.29 is 4.79 Å². The SMILES string of the molecule is CCCc1cccc2cccc(/C=C3\CNNC3=O)c12. The van der Waals surface area contributed by atoms with E-state index >= 15 is 0 Å². The summed E-state index contributed by atoms with van der Waals surface area (Å²) in [6.45, 7) is 2.76. The third-order valence-electron chi connectivity index (χ3n) is 3.64. The number of rotatable bonds is 3. The second-order valence-electron chi connectivity index (χ2n) is 5.09. The molecule has 0 aromatic heterocycles. The maximum Gasteiger partial charge on any atom is 0.262 e. The first-order valence-corrected chi connectivity index (χ1v) is 7.04. The van der Waals surface area contributed by atoms with Crippen molar-refractivity contribution in [2.75, 3.05) is 6.54 Å². The van der Waals surface area contributed by atoms with E-state index in [9.17, 15) is 4.79 Å². The van der Waals surface area contributed by atoms with Gasteiger partial charge in [-0.05, 0) is 34.4 Å². The fourth-order valence-corrected chi connectivity index (χ4v) is 2.73. The highest BCUT2D eigenvalue weighted by atomic mass is 16.2. The quantitative estimate of drug-likeness (QED) is 0.839. The van der Waals surface area contributed by atoms with Crippen LogP contribution in [0.1, 0.15) is 24.5 Å². The van der Waals surface area contributed by atoms with Gasteiger partial charge in [0.15, 0.2) is 0 Å². The molecule has 1 amide bonds. The Morgan fingerprint density at radius 3 is 2.70 bits per heavy atom. The van der Waals surface area contributed by atoms with Gasteiger partial charge < -0.3 is 0 Å². The van der Waals surface area contributed by atoms with Crippen molar-refractivity contribution in [1.82, 2.24) is 10.9 Å². The summed E-state index contributed by atoms with van der Waals surface area (Å²) in [6.07, 6.45) is 4.17. The summed E-state index contributed by atoms with van der Waals surface area (Å²) in [5, 5.41) is 2.50. The first-order valence-electron chi connectivity index (χ1n) is 7.04. The molecule has 20 heavy (non-hydrogen) atoms. The van der Waals surface area contributed by atoms with Crippen LogP contribution in [0.4, 0.5) is 0 Å². The summed E-state index contributed by atoms with van der Waals surface area (Å²) in [5.41, 5.74) is 8.74. The van der Waals surface area contributed by atoms with E-state index in [1.807, 2.05) is 12.1 Å². The number of aryl methyl sites for hydroxylation is 1. The number of nitrogens with one attached hydrogen (secondary N) is 2. The Kier molecular flexibility index (Phi) is 3.52. The molecule has 0 radical (unpaired) electrons. The number of fused-ring (bicyclic) bond motifs is 1. The molecule has 1 aliphatic rings. The van der Waals surface area contributed by atoms with Crippen molar-refractivity contribution in [3.63, 3.8) is 0 Å². The van der Waals surface area contributed by atoms with Gasteiger partial charge in [-0.2, -0.15) is 0 Å². The van der Waals surface area contributed by atoms with Crippen LogP contribution in [0.5, 0.6) is 0 Å². The molecule has 3 rings (SSSR count). The highest BCUT2D eigenvalue weighted by molar-refractivity contribution is 6.03. The molecule has 3 nitrogen and oxygen atoms in total. The molecule has 0 spiro atoms.